The van der Waals surface area contributed by atoms with Crippen molar-refractivity contribution in [2.75, 3.05) is 0 Å². The zero-order chi connectivity index (χ0) is 12.3. The zero-order valence-corrected chi connectivity index (χ0v) is 8.50. The second kappa shape index (κ2) is 4.86. The van der Waals surface area contributed by atoms with Gasteiger partial charge in [-0.3, -0.25) is 4.79 Å². The van der Waals surface area contributed by atoms with Gasteiger partial charge >= 0.3 is 5.97 Å². The summed E-state index contributed by atoms with van der Waals surface area (Å²) < 4.78 is 24.9. The largest absolute Gasteiger partial charge is 0.481 e. The number of hydrogen-bond acceptors (Lipinski definition) is 3. The number of halogens is 3. The van der Waals surface area contributed by atoms with Gasteiger partial charge in [0.25, 0.3) is 6.43 Å². The molecular formula is C9H5ClF2N2O2. The third kappa shape index (κ3) is 2.64. The summed E-state index contributed by atoms with van der Waals surface area (Å²) in [4.78, 5) is 13.8. The van der Waals surface area contributed by atoms with Crippen molar-refractivity contribution in [2.45, 2.75) is 12.8 Å². The maximum absolute atomic E-state index is 12.5. The average Bonchev–Trinajstić information content (AvgIpc) is 2.19. The number of carboxylic acid groups (broad SMARTS) is 1. The number of aliphatic carboxylic acids is 1. The van der Waals surface area contributed by atoms with Crippen LogP contribution in [0.25, 0.3) is 0 Å². The lowest BCUT2D eigenvalue weighted by molar-refractivity contribution is -0.136. The Kier molecular flexibility index (Phi) is 3.74. The summed E-state index contributed by atoms with van der Waals surface area (Å²) in [6, 6.07) is 2.69. The van der Waals surface area contributed by atoms with Crippen LogP contribution in [-0.4, -0.2) is 16.1 Å². The minimum absolute atomic E-state index is 0.122. The lowest BCUT2D eigenvalue weighted by Gasteiger charge is -2.06. The summed E-state index contributed by atoms with van der Waals surface area (Å²) in [5.41, 5.74) is -1.09. The number of nitrogens with zero attached hydrogens (tertiary/aromatic N) is 2. The predicted molar refractivity (Wildman–Crippen MR) is 50.3 cm³/mol. The Bertz CT molecular complexity index is 471. The number of pyridine rings is 1. The van der Waals surface area contributed by atoms with Crippen molar-refractivity contribution in [2.24, 2.45) is 0 Å². The summed E-state index contributed by atoms with van der Waals surface area (Å²) in [7, 11) is 0. The van der Waals surface area contributed by atoms with Gasteiger partial charge in [-0.05, 0) is 6.07 Å². The molecule has 0 aromatic carbocycles. The number of carboxylic acids is 1. The Hall–Kier alpha value is -1.74. The molecule has 0 bridgehead atoms. The molecule has 1 aromatic heterocycles. The predicted octanol–water partition coefficient (Wildman–Crippen LogP) is 2.17. The van der Waals surface area contributed by atoms with Gasteiger partial charge in [-0.1, -0.05) is 11.6 Å². The minimum Gasteiger partial charge on any atom is -0.481 e. The Morgan fingerprint density at radius 2 is 2.31 bits per heavy atom. The first-order valence-electron chi connectivity index (χ1n) is 4.05. The highest BCUT2D eigenvalue weighted by Gasteiger charge is 2.19. The Morgan fingerprint density at radius 1 is 1.69 bits per heavy atom. The molecule has 0 fully saturated rings. The van der Waals surface area contributed by atoms with Crippen molar-refractivity contribution >= 4 is 17.6 Å². The topological polar surface area (TPSA) is 74.0 Å². The molecule has 0 spiro atoms. The number of carbonyl (C=O) groups is 1. The first-order valence-corrected chi connectivity index (χ1v) is 4.43. The zero-order valence-electron chi connectivity index (χ0n) is 7.75. The fourth-order valence-electron chi connectivity index (χ4n) is 1.08. The normalized spacial score (nSPS) is 10.2. The molecule has 0 amide bonds. The summed E-state index contributed by atoms with van der Waals surface area (Å²) in [6.07, 6.45) is -3.49. The van der Waals surface area contributed by atoms with Gasteiger partial charge in [-0.15, -0.1) is 0 Å². The molecule has 7 heteroatoms. The molecule has 1 heterocycles. The van der Waals surface area contributed by atoms with Crippen LogP contribution in [0.4, 0.5) is 8.78 Å². The second-order valence-corrected chi connectivity index (χ2v) is 3.22. The van der Waals surface area contributed by atoms with Crippen LogP contribution in [0, 0.1) is 11.3 Å². The first-order chi connectivity index (χ1) is 7.45. The molecule has 0 saturated carbocycles. The minimum atomic E-state index is -2.95. The molecule has 0 aliphatic carbocycles. The maximum Gasteiger partial charge on any atom is 0.309 e. The monoisotopic (exact) mass is 246 g/mol. The quantitative estimate of drug-likeness (QED) is 0.887. The van der Waals surface area contributed by atoms with Gasteiger partial charge in [-0.25, -0.2) is 13.8 Å². The van der Waals surface area contributed by atoms with Gasteiger partial charge in [-0.2, -0.15) is 5.26 Å². The molecule has 84 valence electrons. The van der Waals surface area contributed by atoms with E-state index in [-0.39, 0.29) is 11.3 Å². The van der Waals surface area contributed by atoms with Crippen molar-refractivity contribution in [1.82, 2.24) is 4.98 Å². The lowest BCUT2D eigenvalue weighted by atomic mass is 10.1. The third-order valence-corrected chi connectivity index (χ3v) is 2.09. The van der Waals surface area contributed by atoms with Crippen molar-refractivity contribution in [1.29, 1.82) is 5.26 Å². The fraction of sp³-hybridized carbons (Fsp3) is 0.222. The van der Waals surface area contributed by atoms with Crippen molar-refractivity contribution < 1.29 is 18.7 Å². The summed E-state index contributed by atoms with van der Waals surface area (Å²) in [6.45, 7) is 0. The van der Waals surface area contributed by atoms with E-state index in [0.29, 0.717) is 0 Å². The molecule has 4 nitrogen and oxygen atoms in total. The van der Waals surface area contributed by atoms with E-state index in [1.54, 1.807) is 6.07 Å². The lowest BCUT2D eigenvalue weighted by Crippen LogP contribution is -2.06. The molecule has 0 aliphatic rings. The van der Waals surface area contributed by atoms with Crippen LogP contribution in [0.5, 0.6) is 0 Å². The third-order valence-electron chi connectivity index (χ3n) is 1.70. The van der Waals surface area contributed by atoms with Crippen LogP contribution in [0.1, 0.15) is 23.4 Å². The van der Waals surface area contributed by atoms with Crippen molar-refractivity contribution in [3.63, 3.8) is 0 Å². The smallest absolute Gasteiger partial charge is 0.309 e. The molecule has 1 rings (SSSR count). The number of nitriles is 1. The van der Waals surface area contributed by atoms with Gasteiger partial charge in [0, 0.05) is 0 Å². The highest BCUT2D eigenvalue weighted by molar-refractivity contribution is 6.32. The Balaban J connectivity index is 3.29. The van der Waals surface area contributed by atoms with Gasteiger partial charge < -0.3 is 5.11 Å². The highest BCUT2D eigenvalue weighted by Crippen LogP contribution is 2.28. The van der Waals surface area contributed by atoms with Gasteiger partial charge in [0.1, 0.15) is 11.8 Å². The van der Waals surface area contributed by atoms with E-state index < -0.39 is 29.5 Å². The number of alkyl halides is 2. The van der Waals surface area contributed by atoms with Gasteiger partial charge in [0.05, 0.1) is 22.7 Å². The molecule has 16 heavy (non-hydrogen) atoms. The second-order valence-electron chi connectivity index (χ2n) is 2.84. The summed E-state index contributed by atoms with van der Waals surface area (Å²) in [5.74, 6) is -1.22. The molecule has 0 unspecified atom stereocenters. The number of rotatable bonds is 3. The summed E-state index contributed by atoms with van der Waals surface area (Å²) in [5, 5.41) is 16.7. The Morgan fingerprint density at radius 3 is 2.75 bits per heavy atom. The van der Waals surface area contributed by atoms with Crippen LogP contribution in [-0.2, 0) is 11.2 Å². The molecule has 0 aliphatic heterocycles. The molecular weight excluding hydrogens is 242 g/mol. The van der Waals surface area contributed by atoms with E-state index in [2.05, 4.69) is 4.98 Å². The average molecular weight is 247 g/mol. The van der Waals surface area contributed by atoms with Crippen LogP contribution >= 0.6 is 11.6 Å². The molecule has 0 atom stereocenters. The molecule has 0 saturated heterocycles. The van der Waals surface area contributed by atoms with E-state index in [9.17, 15) is 13.6 Å². The molecule has 1 N–H and O–H groups in total. The van der Waals surface area contributed by atoms with Gasteiger partial charge in [0.15, 0.2) is 0 Å². The van der Waals surface area contributed by atoms with E-state index >= 15 is 0 Å². The van der Waals surface area contributed by atoms with Crippen molar-refractivity contribution in [3.05, 3.63) is 28.0 Å². The van der Waals surface area contributed by atoms with E-state index in [1.165, 1.54) is 0 Å². The van der Waals surface area contributed by atoms with Gasteiger partial charge in [0.2, 0.25) is 0 Å². The highest BCUT2D eigenvalue weighted by atomic mass is 35.5. The Labute approximate surface area is 94.1 Å². The standard InChI is InChI=1S/C9H5ClF2N2O2/c10-7-4(3-13)1-5(2-6(15)16)14-8(7)9(11)12/h1,9H,2H2,(H,15,16). The van der Waals surface area contributed by atoms with E-state index in [0.717, 1.165) is 6.07 Å². The maximum atomic E-state index is 12.5. The van der Waals surface area contributed by atoms with E-state index in [4.69, 9.17) is 22.0 Å². The van der Waals surface area contributed by atoms with Crippen LogP contribution in [0.3, 0.4) is 0 Å². The number of hydrogen-bond donors (Lipinski definition) is 1. The van der Waals surface area contributed by atoms with E-state index in [1.807, 2.05) is 0 Å². The van der Waals surface area contributed by atoms with Crippen molar-refractivity contribution in [3.8, 4) is 6.07 Å². The first kappa shape index (κ1) is 12.3. The SMILES string of the molecule is N#Cc1cc(CC(=O)O)nc(C(F)F)c1Cl. The molecule has 1 aromatic rings. The van der Waals surface area contributed by atoms with Crippen LogP contribution in [0.15, 0.2) is 6.07 Å². The van der Waals surface area contributed by atoms with Crippen LogP contribution in [0.2, 0.25) is 5.02 Å². The summed E-state index contributed by atoms with van der Waals surface area (Å²) >= 11 is 5.50. The number of aromatic nitrogens is 1. The fourth-order valence-corrected chi connectivity index (χ4v) is 1.30. The van der Waals surface area contributed by atoms with Crippen LogP contribution < -0.4 is 0 Å². The molecule has 0 radical (unpaired) electrons.